The lowest BCUT2D eigenvalue weighted by Gasteiger charge is -2.32. The van der Waals surface area contributed by atoms with Crippen LogP contribution in [0.2, 0.25) is 0 Å². The van der Waals surface area contributed by atoms with Crippen LogP contribution in [0, 0.1) is 17.2 Å². The fourth-order valence-electron chi connectivity index (χ4n) is 2.81. The Morgan fingerprint density at radius 1 is 1.36 bits per heavy atom. The lowest BCUT2D eigenvalue weighted by Crippen LogP contribution is -2.46. The summed E-state index contributed by atoms with van der Waals surface area (Å²) in [5.74, 6) is -0.0714. The second-order valence-corrected chi connectivity index (χ2v) is 7.92. The fraction of sp³-hybridized carbons (Fsp3) is 0.562. The molecule has 22 heavy (non-hydrogen) atoms. The van der Waals surface area contributed by atoms with Gasteiger partial charge in [0.15, 0.2) is 0 Å². The molecule has 0 unspecified atom stereocenters. The SMILES string of the molecule is CC(C)NS(=O)(=O)[C@H]1CCOC[C@H]1Cc1ccc(C#N)cc1. The molecule has 1 heterocycles. The highest BCUT2D eigenvalue weighted by Gasteiger charge is 2.36. The van der Waals surface area contributed by atoms with E-state index >= 15 is 0 Å². The molecular weight excluding hydrogens is 300 g/mol. The first-order chi connectivity index (χ1) is 10.4. The zero-order valence-electron chi connectivity index (χ0n) is 13.0. The first-order valence-corrected chi connectivity index (χ1v) is 9.05. The number of hydrogen-bond donors (Lipinski definition) is 1. The summed E-state index contributed by atoms with van der Waals surface area (Å²) >= 11 is 0. The zero-order valence-corrected chi connectivity index (χ0v) is 13.8. The van der Waals surface area contributed by atoms with Crippen LogP contribution in [0.1, 0.15) is 31.4 Å². The quantitative estimate of drug-likeness (QED) is 0.897. The minimum atomic E-state index is -3.35. The lowest BCUT2D eigenvalue weighted by molar-refractivity contribution is 0.0569. The summed E-state index contributed by atoms with van der Waals surface area (Å²) in [5, 5.41) is 8.39. The Bertz CT molecular complexity index is 632. The number of nitrogens with zero attached hydrogens (tertiary/aromatic N) is 1. The largest absolute Gasteiger partial charge is 0.381 e. The van der Waals surface area contributed by atoms with Gasteiger partial charge in [0.1, 0.15) is 0 Å². The third kappa shape index (κ3) is 4.29. The molecule has 0 aliphatic carbocycles. The number of rotatable bonds is 5. The van der Waals surface area contributed by atoms with Gasteiger partial charge in [0.05, 0.1) is 23.5 Å². The Morgan fingerprint density at radius 3 is 2.64 bits per heavy atom. The Hall–Kier alpha value is -1.42. The summed E-state index contributed by atoms with van der Waals surface area (Å²) in [6.45, 7) is 4.58. The first kappa shape index (κ1) is 16.9. The Labute approximate surface area is 132 Å². The predicted octanol–water partition coefficient (Wildman–Crippen LogP) is 1.83. The van der Waals surface area contributed by atoms with Crippen molar-refractivity contribution in [2.75, 3.05) is 13.2 Å². The highest BCUT2D eigenvalue weighted by Crippen LogP contribution is 2.25. The van der Waals surface area contributed by atoms with Crippen molar-refractivity contribution in [1.82, 2.24) is 4.72 Å². The van der Waals surface area contributed by atoms with Gasteiger partial charge in [-0.05, 0) is 44.4 Å². The molecular formula is C16H22N2O3S. The molecule has 0 amide bonds. The van der Waals surface area contributed by atoms with Crippen molar-refractivity contribution < 1.29 is 13.2 Å². The van der Waals surface area contributed by atoms with E-state index in [0.717, 1.165) is 5.56 Å². The van der Waals surface area contributed by atoms with Crippen LogP contribution < -0.4 is 4.72 Å². The van der Waals surface area contributed by atoms with Crippen molar-refractivity contribution in [2.45, 2.75) is 38.0 Å². The van der Waals surface area contributed by atoms with Gasteiger partial charge in [0.2, 0.25) is 10.0 Å². The van der Waals surface area contributed by atoms with E-state index in [9.17, 15) is 8.42 Å². The van der Waals surface area contributed by atoms with Crippen LogP contribution in [0.15, 0.2) is 24.3 Å². The molecule has 1 fully saturated rings. The van der Waals surface area contributed by atoms with Crippen LogP contribution in [0.25, 0.3) is 0 Å². The van der Waals surface area contributed by atoms with E-state index in [0.29, 0.717) is 31.6 Å². The summed E-state index contributed by atoms with van der Waals surface area (Å²) in [7, 11) is -3.35. The van der Waals surface area contributed by atoms with Gasteiger partial charge in [-0.25, -0.2) is 13.1 Å². The van der Waals surface area contributed by atoms with E-state index in [1.807, 2.05) is 26.0 Å². The summed E-state index contributed by atoms with van der Waals surface area (Å²) in [6.07, 6.45) is 1.15. The maximum absolute atomic E-state index is 12.5. The molecule has 6 heteroatoms. The molecule has 1 aromatic rings. The predicted molar refractivity (Wildman–Crippen MR) is 84.8 cm³/mol. The molecule has 0 saturated carbocycles. The van der Waals surface area contributed by atoms with Crippen molar-refractivity contribution in [3.05, 3.63) is 35.4 Å². The molecule has 1 aliphatic rings. The van der Waals surface area contributed by atoms with Crippen molar-refractivity contribution in [1.29, 1.82) is 5.26 Å². The van der Waals surface area contributed by atoms with E-state index in [1.165, 1.54) is 0 Å². The van der Waals surface area contributed by atoms with Crippen LogP contribution in [-0.2, 0) is 21.2 Å². The second kappa shape index (κ2) is 7.23. The molecule has 120 valence electrons. The topological polar surface area (TPSA) is 79.2 Å². The van der Waals surface area contributed by atoms with Crippen molar-refractivity contribution >= 4 is 10.0 Å². The van der Waals surface area contributed by atoms with Gasteiger partial charge in [-0.15, -0.1) is 0 Å². The highest BCUT2D eigenvalue weighted by atomic mass is 32.2. The smallest absolute Gasteiger partial charge is 0.215 e. The first-order valence-electron chi connectivity index (χ1n) is 7.50. The molecule has 1 aromatic carbocycles. The number of nitrogens with one attached hydrogen (secondary N) is 1. The van der Waals surface area contributed by atoms with Crippen LogP contribution >= 0.6 is 0 Å². The maximum Gasteiger partial charge on any atom is 0.215 e. The number of ether oxygens (including phenoxy) is 1. The van der Waals surface area contributed by atoms with Crippen LogP contribution in [0.4, 0.5) is 0 Å². The van der Waals surface area contributed by atoms with Gasteiger partial charge < -0.3 is 4.74 Å². The van der Waals surface area contributed by atoms with Gasteiger partial charge in [-0.2, -0.15) is 5.26 Å². The molecule has 2 atom stereocenters. The third-order valence-electron chi connectivity index (χ3n) is 3.78. The average Bonchev–Trinajstić information content (AvgIpc) is 2.47. The molecule has 0 aromatic heterocycles. The summed E-state index contributed by atoms with van der Waals surface area (Å²) in [6, 6.07) is 9.25. The summed E-state index contributed by atoms with van der Waals surface area (Å²) in [4.78, 5) is 0. The molecule has 1 aliphatic heterocycles. The molecule has 0 radical (unpaired) electrons. The van der Waals surface area contributed by atoms with Crippen LogP contribution in [0.5, 0.6) is 0 Å². The average molecular weight is 322 g/mol. The molecule has 2 rings (SSSR count). The van der Waals surface area contributed by atoms with Crippen molar-refractivity contribution in [3.8, 4) is 6.07 Å². The Kier molecular flexibility index (Phi) is 5.57. The minimum absolute atomic E-state index is 0.0714. The lowest BCUT2D eigenvalue weighted by atomic mass is 9.93. The van der Waals surface area contributed by atoms with Gasteiger partial charge in [0.25, 0.3) is 0 Å². The highest BCUT2D eigenvalue weighted by molar-refractivity contribution is 7.90. The number of sulfonamides is 1. The van der Waals surface area contributed by atoms with Gasteiger partial charge in [-0.3, -0.25) is 0 Å². The molecule has 0 spiro atoms. The third-order valence-corrected chi connectivity index (χ3v) is 6.00. The van der Waals surface area contributed by atoms with Gasteiger partial charge in [-0.1, -0.05) is 12.1 Å². The van der Waals surface area contributed by atoms with E-state index in [4.69, 9.17) is 10.00 Å². The maximum atomic E-state index is 12.5. The van der Waals surface area contributed by atoms with E-state index in [-0.39, 0.29) is 12.0 Å². The number of hydrogen-bond acceptors (Lipinski definition) is 4. The molecule has 1 N–H and O–H groups in total. The van der Waals surface area contributed by atoms with E-state index in [2.05, 4.69) is 10.8 Å². The minimum Gasteiger partial charge on any atom is -0.381 e. The Morgan fingerprint density at radius 2 is 2.05 bits per heavy atom. The van der Waals surface area contributed by atoms with Gasteiger partial charge in [0, 0.05) is 18.6 Å². The zero-order chi connectivity index (χ0) is 16.2. The van der Waals surface area contributed by atoms with E-state index < -0.39 is 15.3 Å². The molecule has 0 bridgehead atoms. The number of benzene rings is 1. The summed E-state index contributed by atoms with van der Waals surface area (Å²) in [5.41, 5.74) is 1.63. The van der Waals surface area contributed by atoms with Crippen LogP contribution in [0.3, 0.4) is 0 Å². The molecule has 1 saturated heterocycles. The van der Waals surface area contributed by atoms with Gasteiger partial charge >= 0.3 is 0 Å². The fourth-order valence-corrected chi connectivity index (χ4v) is 4.73. The van der Waals surface area contributed by atoms with Crippen molar-refractivity contribution in [2.24, 2.45) is 5.92 Å². The van der Waals surface area contributed by atoms with Crippen LogP contribution in [-0.4, -0.2) is 32.9 Å². The Balaban J connectivity index is 2.14. The monoisotopic (exact) mass is 322 g/mol. The summed E-state index contributed by atoms with van der Waals surface area (Å²) < 4.78 is 33.2. The van der Waals surface area contributed by atoms with Crippen molar-refractivity contribution in [3.63, 3.8) is 0 Å². The van der Waals surface area contributed by atoms with E-state index in [1.54, 1.807) is 12.1 Å². The second-order valence-electron chi connectivity index (χ2n) is 5.99. The normalized spacial score (nSPS) is 22.5. The standard InChI is InChI=1S/C16H22N2O3S/c1-12(2)18-22(19,20)16-7-8-21-11-15(16)9-13-3-5-14(10-17)6-4-13/h3-6,12,15-16,18H,7-9,11H2,1-2H3/t15-,16+/m1/s1. The number of nitriles is 1. The molecule has 5 nitrogen and oxygen atoms in total.